The summed E-state index contributed by atoms with van der Waals surface area (Å²) in [5.74, 6) is -0.419. The van der Waals surface area contributed by atoms with Crippen LogP contribution in [-0.4, -0.2) is 29.6 Å². The Morgan fingerprint density at radius 3 is 2.59 bits per heavy atom. The van der Waals surface area contributed by atoms with Crippen LogP contribution in [0.5, 0.6) is 0 Å². The summed E-state index contributed by atoms with van der Waals surface area (Å²) < 4.78 is 26.7. The molecular formula is C14H16ClN3O3S. The predicted octanol–water partition coefficient (Wildman–Crippen LogP) is 2.13. The summed E-state index contributed by atoms with van der Waals surface area (Å²) in [6.45, 7) is 3.15. The first-order valence-electron chi connectivity index (χ1n) is 6.60. The van der Waals surface area contributed by atoms with Gasteiger partial charge in [0.05, 0.1) is 10.8 Å². The number of amides is 1. The topological polar surface area (TPSA) is 81.1 Å². The van der Waals surface area contributed by atoms with Gasteiger partial charge in [-0.25, -0.2) is 18.1 Å². The summed E-state index contributed by atoms with van der Waals surface area (Å²) >= 11 is 6.15. The second-order valence-electron chi connectivity index (χ2n) is 4.74. The number of hydrogen-bond donors (Lipinski definition) is 1. The zero-order chi connectivity index (χ0) is 16.5. The quantitative estimate of drug-likeness (QED) is 0.923. The van der Waals surface area contributed by atoms with Gasteiger partial charge in [0.15, 0.2) is 5.69 Å². The van der Waals surface area contributed by atoms with Crippen LogP contribution in [0.15, 0.2) is 24.3 Å². The number of nitrogens with one attached hydrogen (secondary N) is 1. The SMILES string of the molecule is CCS(=O)(=O)NC(=O)c1nc(-c2ccccc2Cl)n(C)c1C. The largest absolute Gasteiger partial charge is 0.331 e. The molecule has 0 bridgehead atoms. The van der Waals surface area contributed by atoms with Gasteiger partial charge in [-0.2, -0.15) is 0 Å². The fourth-order valence-corrected chi connectivity index (χ4v) is 2.68. The van der Waals surface area contributed by atoms with Crippen molar-refractivity contribution in [2.45, 2.75) is 13.8 Å². The summed E-state index contributed by atoms with van der Waals surface area (Å²) in [7, 11) is -1.89. The number of carbonyl (C=O) groups is 1. The van der Waals surface area contributed by atoms with Crippen molar-refractivity contribution in [3.63, 3.8) is 0 Å². The molecule has 0 aliphatic rings. The fraction of sp³-hybridized carbons (Fsp3) is 0.286. The number of nitrogens with zero attached hydrogens (tertiary/aromatic N) is 2. The molecule has 2 aromatic rings. The fourth-order valence-electron chi connectivity index (χ4n) is 1.94. The van der Waals surface area contributed by atoms with Crippen molar-refractivity contribution in [3.8, 4) is 11.4 Å². The van der Waals surface area contributed by atoms with Crippen LogP contribution < -0.4 is 4.72 Å². The van der Waals surface area contributed by atoms with Crippen LogP contribution in [-0.2, 0) is 17.1 Å². The van der Waals surface area contributed by atoms with Crippen LogP contribution in [0.1, 0.15) is 23.1 Å². The summed E-state index contributed by atoms with van der Waals surface area (Å²) in [6, 6.07) is 7.12. The van der Waals surface area contributed by atoms with Gasteiger partial charge in [0.2, 0.25) is 10.0 Å². The smallest absolute Gasteiger partial charge is 0.285 e. The second kappa shape index (κ2) is 6.10. The van der Waals surface area contributed by atoms with Crippen molar-refractivity contribution < 1.29 is 13.2 Å². The van der Waals surface area contributed by atoms with E-state index in [9.17, 15) is 13.2 Å². The molecule has 6 nitrogen and oxygen atoms in total. The van der Waals surface area contributed by atoms with Gasteiger partial charge in [0.1, 0.15) is 5.82 Å². The van der Waals surface area contributed by atoms with Gasteiger partial charge in [-0.1, -0.05) is 23.7 Å². The number of benzene rings is 1. The van der Waals surface area contributed by atoms with Crippen LogP contribution >= 0.6 is 11.6 Å². The molecule has 0 aliphatic heterocycles. The van der Waals surface area contributed by atoms with Crippen molar-refractivity contribution in [1.82, 2.24) is 14.3 Å². The minimum absolute atomic E-state index is 0.0643. The molecule has 0 saturated heterocycles. The normalized spacial score (nSPS) is 11.5. The molecule has 22 heavy (non-hydrogen) atoms. The monoisotopic (exact) mass is 341 g/mol. The molecule has 1 aromatic heterocycles. The van der Waals surface area contributed by atoms with E-state index in [1.165, 1.54) is 6.92 Å². The number of aromatic nitrogens is 2. The van der Waals surface area contributed by atoms with Crippen molar-refractivity contribution in [2.24, 2.45) is 7.05 Å². The Labute approximate surface area is 134 Å². The van der Waals surface area contributed by atoms with E-state index in [4.69, 9.17) is 11.6 Å². The highest BCUT2D eigenvalue weighted by molar-refractivity contribution is 7.90. The van der Waals surface area contributed by atoms with E-state index in [0.717, 1.165) is 0 Å². The maximum atomic E-state index is 12.1. The van der Waals surface area contributed by atoms with Gasteiger partial charge in [-0.05, 0) is 26.0 Å². The lowest BCUT2D eigenvalue weighted by Gasteiger charge is -2.04. The van der Waals surface area contributed by atoms with E-state index in [-0.39, 0.29) is 11.4 Å². The number of imidazole rings is 1. The Morgan fingerprint density at radius 2 is 2.00 bits per heavy atom. The lowest BCUT2D eigenvalue weighted by Crippen LogP contribution is -2.32. The van der Waals surface area contributed by atoms with Crippen LogP contribution in [0.2, 0.25) is 5.02 Å². The molecule has 1 amide bonds. The Morgan fingerprint density at radius 1 is 1.36 bits per heavy atom. The number of hydrogen-bond acceptors (Lipinski definition) is 4. The van der Waals surface area contributed by atoms with Crippen molar-refractivity contribution in [1.29, 1.82) is 0 Å². The van der Waals surface area contributed by atoms with Gasteiger partial charge in [-0.15, -0.1) is 0 Å². The molecular weight excluding hydrogens is 326 g/mol. The van der Waals surface area contributed by atoms with Crippen LogP contribution in [0.3, 0.4) is 0 Å². The van der Waals surface area contributed by atoms with Gasteiger partial charge < -0.3 is 4.57 Å². The first-order chi connectivity index (χ1) is 10.3. The lowest BCUT2D eigenvalue weighted by atomic mass is 10.2. The minimum Gasteiger partial charge on any atom is -0.331 e. The van der Waals surface area contributed by atoms with Crippen LogP contribution in [0.4, 0.5) is 0 Å². The lowest BCUT2D eigenvalue weighted by molar-refractivity contribution is 0.0976. The molecule has 0 fully saturated rings. The van der Waals surface area contributed by atoms with Gasteiger partial charge in [0.25, 0.3) is 5.91 Å². The Hall–Kier alpha value is -1.86. The standard InChI is InChI=1S/C14H16ClN3O3S/c1-4-22(20,21)17-14(19)12-9(2)18(3)13(16-12)10-7-5-6-8-11(10)15/h5-8H,4H2,1-3H3,(H,17,19). The van der Waals surface area contributed by atoms with Crippen molar-refractivity contribution in [2.75, 3.05) is 5.75 Å². The summed E-state index contributed by atoms with van der Waals surface area (Å²) in [4.78, 5) is 16.4. The average molecular weight is 342 g/mol. The van der Waals surface area contributed by atoms with Crippen molar-refractivity contribution in [3.05, 3.63) is 40.7 Å². The molecule has 0 aliphatic carbocycles. The van der Waals surface area contributed by atoms with Crippen LogP contribution in [0.25, 0.3) is 11.4 Å². The molecule has 0 atom stereocenters. The molecule has 0 radical (unpaired) electrons. The Bertz CT molecular complexity index is 828. The molecule has 1 heterocycles. The summed E-state index contributed by atoms with van der Waals surface area (Å²) in [5.41, 5.74) is 1.29. The number of carbonyl (C=O) groups excluding carboxylic acids is 1. The number of halogens is 1. The molecule has 2 rings (SSSR count). The third kappa shape index (κ3) is 3.15. The van der Waals surface area contributed by atoms with E-state index in [0.29, 0.717) is 22.1 Å². The summed E-state index contributed by atoms with van der Waals surface area (Å²) in [6.07, 6.45) is 0. The highest BCUT2D eigenvalue weighted by Crippen LogP contribution is 2.28. The van der Waals surface area contributed by atoms with Gasteiger partial charge in [-0.3, -0.25) is 4.79 Å². The maximum Gasteiger partial charge on any atom is 0.285 e. The summed E-state index contributed by atoms with van der Waals surface area (Å²) in [5, 5.41) is 0.503. The van der Waals surface area contributed by atoms with E-state index >= 15 is 0 Å². The Kier molecular flexibility index (Phi) is 4.58. The van der Waals surface area contributed by atoms with E-state index in [1.54, 1.807) is 36.7 Å². The maximum absolute atomic E-state index is 12.1. The van der Waals surface area contributed by atoms with Crippen LogP contribution in [0, 0.1) is 6.92 Å². The highest BCUT2D eigenvalue weighted by atomic mass is 35.5. The first-order valence-corrected chi connectivity index (χ1v) is 8.63. The predicted molar refractivity (Wildman–Crippen MR) is 85.3 cm³/mol. The molecule has 8 heteroatoms. The number of sulfonamides is 1. The molecule has 0 spiro atoms. The zero-order valence-electron chi connectivity index (χ0n) is 12.4. The third-order valence-corrected chi connectivity index (χ3v) is 4.93. The second-order valence-corrected chi connectivity index (χ2v) is 7.16. The molecule has 118 valence electrons. The van der Waals surface area contributed by atoms with E-state index < -0.39 is 15.9 Å². The van der Waals surface area contributed by atoms with E-state index in [1.807, 2.05) is 10.8 Å². The number of rotatable bonds is 4. The first kappa shape index (κ1) is 16.5. The Balaban J connectivity index is 2.47. The van der Waals surface area contributed by atoms with Crippen molar-refractivity contribution >= 4 is 27.5 Å². The molecule has 1 N–H and O–H groups in total. The molecule has 0 saturated carbocycles. The van der Waals surface area contributed by atoms with E-state index in [2.05, 4.69) is 4.98 Å². The molecule has 1 aromatic carbocycles. The van der Waals surface area contributed by atoms with Gasteiger partial charge in [0, 0.05) is 18.3 Å². The molecule has 0 unspecified atom stereocenters. The highest BCUT2D eigenvalue weighted by Gasteiger charge is 2.22. The third-order valence-electron chi connectivity index (χ3n) is 3.34. The average Bonchev–Trinajstić information content (AvgIpc) is 2.76. The zero-order valence-corrected chi connectivity index (χ0v) is 14.0. The van der Waals surface area contributed by atoms with Gasteiger partial charge >= 0.3 is 0 Å². The minimum atomic E-state index is -3.63.